The van der Waals surface area contributed by atoms with Gasteiger partial charge in [0.1, 0.15) is 17.1 Å². The second-order valence-corrected chi connectivity index (χ2v) is 5.53. The van der Waals surface area contributed by atoms with Crippen LogP contribution in [0.2, 0.25) is 0 Å². The molecule has 5 nitrogen and oxygen atoms in total. The number of ether oxygens (including phenoxy) is 2. The summed E-state index contributed by atoms with van der Waals surface area (Å²) in [5.41, 5.74) is 2.06. The van der Waals surface area contributed by atoms with E-state index in [1.807, 2.05) is 51.1 Å². The van der Waals surface area contributed by atoms with Gasteiger partial charge in [-0.2, -0.15) is 0 Å². The molecule has 3 aromatic rings. The van der Waals surface area contributed by atoms with Crippen LogP contribution in [0.15, 0.2) is 46.9 Å². The number of hydrogen-bond donors (Lipinski definition) is 1. The molecule has 0 spiro atoms. The van der Waals surface area contributed by atoms with Gasteiger partial charge in [0.15, 0.2) is 5.76 Å². The first-order valence-electron chi connectivity index (χ1n) is 8.33. The summed E-state index contributed by atoms with van der Waals surface area (Å²) in [4.78, 5) is 12.7. The summed E-state index contributed by atoms with van der Waals surface area (Å²) in [5, 5.41) is 3.81. The van der Waals surface area contributed by atoms with Gasteiger partial charge in [-0.1, -0.05) is 18.2 Å². The molecule has 5 heteroatoms. The van der Waals surface area contributed by atoms with E-state index in [0.717, 1.165) is 10.9 Å². The number of para-hydroxylation sites is 1. The topological polar surface area (TPSA) is 60.7 Å². The van der Waals surface area contributed by atoms with E-state index in [1.165, 1.54) is 0 Å². The van der Waals surface area contributed by atoms with Crippen molar-refractivity contribution < 1.29 is 18.7 Å². The van der Waals surface area contributed by atoms with E-state index in [-0.39, 0.29) is 5.91 Å². The monoisotopic (exact) mass is 339 g/mol. The number of hydrogen-bond acceptors (Lipinski definition) is 4. The first kappa shape index (κ1) is 16.9. The summed E-state index contributed by atoms with van der Waals surface area (Å²) >= 11 is 0. The zero-order valence-electron chi connectivity index (χ0n) is 14.6. The molecule has 0 aliphatic rings. The molecule has 1 amide bonds. The maximum Gasteiger partial charge on any atom is 0.291 e. The zero-order valence-corrected chi connectivity index (χ0v) is 14.6. The Morgan fingerprint density at radius 3 is 2.56 bits per heavy atom. The molecule has 0 unspecified atom stereocenters. The molecule has 130 valence electrons. The zero-order chi connectivity index (χ0) is 17.8. The molecule has 0 aliphatic heterocycles. The van der Waals surface area contributed by atoms with Crippen molar-refractivity contribution in [3.63, 3.8) is 0 Å². The van der Waals surface area contributed by atoms with Crippen molar-refractivity contribution in [1.82, 2.24) is 0 Å². The first-order chi connectivity index (χ1) is 12.1. The molecule has 0 saturated heterocycles. The Kier molecular flexibility index (Phi) is 4.93. The fourth-order valence-electron chi connectivity index (χ4n) is 2.71. The predicted octanol–water partition coefficient (Wildman–Crippen LogP) is 4.79. The Morgan fingerprint density at radius 2 is 1.84 bits per heavy atom. The summed E-state index contributed by atoms with van der Waals surface area (Å²) in [7, 11) is 0. The molecule has 0 bridgehead atoms. The number of benzene rings is 2. The highest BCUT2D eigenvalue weighted by molar-refractivity contribution is 6.07. The van der Waals surface area contributed by atoms with E-state index in [4.69, 9.17) is 13.9 Å². The van der Waals surface area contributed by atoms with Gasteiger partial charge in [0, 0.05) is 17.0 Å². The molecule has 2 aromatic carbocycles. The third-order valence-corrected chi connectivity index (χ3v) is 3.86. The van der Waals surface area contributed by atoms with Gasteiger partial charge in [0.25, 0.3) is 5.91 Å². The van der Waals surface area contributed by atoms with Crippen molar-refractivity contribution >= 4 is 22.6 Å². The summed E-state index contributed by atoms with van der Waals surface area (Å²) < 4.78 is 16.8. The lowest BCUT2D eigenvalue weighted by molar-refractivity contribution is 0.0997. The maximum atomic E-state index is 12.7. The van der Waals surface area contributed by atoms with Gasteiger partial charge in [-0.15, -0.1) is 0 Å². The second-order valence-electron chi connectivity index (χ2n) is 5.53. The van der Waals surface area contributed by atoms with E-state index in [2.05, 4.69) is 5.32 Å². The normalized spacial score (nSPS) is 10.7. The van der Waals surface area contributed by atoms with Crippen molar-refractivity contribution in [2.24, 2.45) is 0 Å². The molecule has 25 heavy (non-hydrogen) atoms. The molecular weight excluding hydrogens is 318 g/mol. The first-order valence-corrected chi connectivity index (χ1v) is 8.33. The summed E-state index contributed by atoms with van der Waals surface area (Å²) in [6, 6.07) is 12.9. The molecule has 0 fully saturated rings. The molecule has 0 atom stereocenters. The average Bonchev–Trinajstić information content (AvgIpc) is 2.95. The fourth-order valence-corrected chi connectivity index (χ4v) is 2.71. The third-order valence-electron chi connectivity index (χ3n) is 3.86. The predicted molar refractivity (Wildman–Crippen MR) is 97.7 cm³/mol. The molecule has 1 N–H and O–H groups in total. The maximum absolute atomic E-state index is 12.7. The molecule has 0 saturated carbocycles. The highest BCUT2D eigenvalue weighted by atomic mass is 16.5. The van der Waals surface area contributed by atoms with Crippen LogP contribution in [0.4, 0.5) is 5.69 Å². The van der Waals surface area contributed by atoms with Crippen LogP contribution in [-0.2, 0) is 0 Å². The van der Waals surface area contributed by atoms with Gasteiger partial charge in [-0.05, 0) is 39.0 Å². The van der Waals surface area contributed by atoms with E-state index in [1.54, 1.807) is 12.1 Å². The van der Waals surface area contributed by atoms with Crippen LogP contribution >= 0.6 is 0 Å². The minimum atomic E-state index is -0.316. The third kappa shape index (κ3) is 3.45. The lowest BCUT2D eigenvalue weighted by atomic mass is 10.1. The molecule has 0 radical (unpaired) electrons. The summed E-state index contributed by atoms with van der Waals surface area (Å²) in [6.45, 7) is 6.73. The quantitative estimate of drug-likeness (QED) is 0.701. The van der Waals surface area contributed by atoms with Crippen LogP contribution in [0.1, 0.15) is 30.0 Å². The van der Waals surface area contributed by atoms with Gasteiger partial charge < -0.3 is 19.2 Å². The SMILES string of the molecule is CCOc1ccc(OCC)c(NC(=O)c2oc3ccccc3c2C)c1. The second kappa shape index (κ2) is 7.30. The van der Waals surface area contributed by atoms with E-state index in [9.17, 15) is 4.79 Å². The van der Waals surface area contributed by atoms with E-state index >= 15 is 0 Å². The van der Waals surface area contributed by atoms with Crippen molar-refractivity contribution in [1.29, 1.82) is 0 Å². The van der Waals surface area contributed by atoms with Gasteiger partial charge >= 0.3 is 0 Å². The number of carbonyl (C=O) groups excluding carboxylic acids is 1. The number of furan rings is 1. The van der Waals surface area contributed by atoms with Crippen LogP contribution in [-0.4, -0.2) is 19.1 Å². The largest absolute Gasteiger partial charge is 0.494 e. The van der Waals surface area contributed by atoms with Gasteiger partial charge in [-0.3, -0.25) is 4.79 Å². The smallest absolute Gasteiger partial charge is 0.291 e. The van der Waals surface area contributed by atoms with E-state index < -0.39 is 0 Å². The number of fused-ring (bicyclic) bond motifs is 1. The highest BCUT2D eigenvalue weighted by Gasteiger charge is 2.19. The number of nitrogens with one attached hydrogen (secondary N) is 1. The number of aryl methyl sites for hydroxylation is 1. The fraction of sp³-hybridized carbons (Fsp3) is 0.250. The van der Waals surface area contributed by atoms with Gasteiger partial charge in [0.05, 0.1) is 18.9 Å². The number of carbonyl (C=O) groups is 1. The molecule has 1 heterocycles. The van der Waals surface area contributed by atoms with Gasteiger partial charge in [0.2, 0.25) is 0 Å². The molecule has 1 aromatic heterocycles. The number of anilines is 1. The van der Waals surface area contributed by atoms with Crippen LogP contribution in [0.3, 0.4) is 0 Å². The van der Waals surface area contributed by atoms with Crippen LogP contribution in [0, 0.1) is 6.92 Å². The Hall–Kier alpha value is -2.95. The Labute approximate surface area is 146 Å². The highest BCUT2D eigenvalue weighted by Crippen LogP contribution is 2.31. The van der Waals surface area contributed by atoms with Crippen molar-refractivity contribution in [2.75, 3.05) is 18.5 Å². The van der Waals surface area contributed by atoms with Crippen LogP contribution in [0.25, 0.3) is 11.0 Å². The average molecular weight is 339 g/mol. The Bertz CT molecular complexity index is 898. The summed E-state index contributed by atoms with van der Waals surface area (Å²) in [6.07, 6.45) is 0. The van der Waals surface area contributed by atoms with Crippen molar-refractivity contribution in [2.45, 2.75) is 20.8 Å². The Morgan fingerprint density at radius 1 is 1.08 bits per heavy atom. The standard InChI is InChI=1S/C20H21NO4/c1-4-23-14-10-11-18(24-5-2)16(12-14)21-20(22)19-13(3)15-8-6-7-9-17(15)25-19/h6-12H,4-5H2,1-3H3,(H,21,22). The molecule has 0 aliphatic carbocycles. The van der Waals surface area contributed by atoms with E-state index in [0.29, 0.717) is 41.7 Å². The summed E-state index contributed by atoms with van der Waals surface area (Å²) in [5.74, 6) is 1.24. The molecule has 3 rings (SSSR count). The lowest BCUT2D eigenvalue weighted by Gasteiger charge is -2.13. The van der Waals surface area contributed by atoms with Crippen LogP contribution in [0.5, 0.6) is 11.5 Å². The minimum Gasteiger partial charge on any atom is -0.494 e. The number of amides is 1. The van der Waals surface area contributed by atoms with Crippen molar-refractivity contribution in [3.05, 3.63) is 53.8 Å². The lowest BCUT2D eigenvalue weighted by Crippen LogP contribution is -2.13. The number of rotatable bonds is 6. The molecular formula is C20H21NO4. The van der Waals surface area contributed by atoms with Crippen molar-refractivity contribution in [3.8, 4) is 11.5 Å². The Balaban J connectivity index is 1.93. The minimum absolute atomic E-state index is 0.297. The van der Waals surface area contributed by atoms with Gasteiger partial charge in [-0.25, -0.2) is 0 Å². The van der Waals surface area contributed by atoms with Crippen LogP contribution < -0.4 is 14.8 Å².